The van der Waals surface area contributed by atoms with Crippen molar-refractivity contribution in [3.05, 3.63) is 0 Å². The summed E-state index contributed by atoms with van der Waals surface area (Å²) in [4.78, 5) is 19.9. The Labute approximate surface area is 50.3 Å². The molecule has 0 aliphatic carbocycles. The molecule has 0 aromatic heterocycles. The van der Waals surface area contributed by atoms with Crippen LogP contribution in [0.15, 0.2) is 0 Å². The highest BCUT2D eigenvalue weighted by Gasteiger charge is 2.47. The van der Waals surface area contributed by atoms with Gasteiger partial charge in [0.2, 0.25) is 0 Å². The van der Waals surface area contributed by atoms with E-state index in [1.165, 1.54) is 0 Å². The molecule has 0 amide bonds. The van der Waals surface area contributed by atoms with Crippen LogP contribution in [0.2, 0.25) is 0 Å². The Morgan fingerprint density at radius 3 is 1.56 bits per heavy atom. The SMILES string of the molecule is O=C(O)C1NC1C(=O)O. The highest BCUT2D eigenvalue weighted by atomic mass is 16.4. The second kappa shape index (κ2) is 1.70. The standard InChI is InChI=1S/C4H5NO4/c6-3(7)1-2(5-1)4(8)9/h1-2,5H,(H,6,7)(H,8,9). The molecule has 50 valence electrons. The number of nitrogens with one attached hydrogen (secondary N) is 1. The Hall–Kier alpha value is -1.10. The molecule has 3 N–H and O–H groups in total. The third kappa shape index (κ3) is 0.996. The first kappa shape index (κ1) is 6.03. The Bertz CT molecular complexity index is 148. The fourth-order valence-electron chi connectivity index (χ4n) is 0.566. The lowest BCUT2D eigenvalue weighted by atomic mass is 10.3. The first-order valence-electron chi connectivity index (χ1n) is 2.34. The minimum atomic E-state index is -1.11. The summed E-state index contributed by atoms with van der Waals surface area (Å²) in [5.41, 5.74) is 0. The third-order valence-corrected chi connectivity index (χ3v) is 1.12. The van der Waals surface area contributed by atoms with Crippen LogP contribution in [-0.2, 0) is 9.59 Å². The molecule has 1 rings (SSSR count). The number of carboxylic acid groups (broad SMARTS) is 2. The Balaban J connectivity index is 2.42. The van der Waals surface area contributed by atoms with Crippen molar-refractivity contribution in [1.82, 2.24) is 5.32 Å². The maximum atomic E-state index is 9.95. The minimum Gasteiger partial charge on any atom is -0.480 e. The first-order valence-corrected chi connectivity index (χ1v) is 2.34. The topological polar surface area (TPSA) is 96.5 Å². The van der Waals surface area contributed by atoms with E-state index in [4.69, 9.17) is 10.2 Å². The van der Waals surface area contributed by atoms with Gasteiger partial charge in [0, 0.05) is 0 Å². The molecule has 1 aliphatic heterocycles. The van der Waals surface area contributed by atoms with Crippen LogP contribution in [0.4, 0.5) is 0 Å². The van der Waals surface area contributed by atoms with Crippen LogP contribution in [0.1, 0.15) is 0 Å². The van der Waals surface area contributed by atoms with Crippen molar-refractivity contribution < 1.29 is 19.8 Å². The molecule has 1 fully saturated rings. The zero-order valence-corrected chi connectivity index (χ0v) is 4.37. The van der Waals surface area contributed by atoms with Crippen LogP contribution < -0.4 is 5.32 Å². The van der Waals surface area contributed by atoms with Gasteiger partial charge in [0.15, 0.2) is 0 Å². The van der Waals surface area contributed by atoms with Crippen LogP contribution in [0.3, 0.4) is 0 Å². The maximum Gasteiger partial charge on any atom is 0.322 e. The van der Waals surface area contributed by atoms with Crippen molar-refractivity contribution in [3.8, 4) is 0 Å². The van der Waals surface area contributed by atoms with E-state index >= 15 is 0 Å². The molecular formula is C4H5NO4. The average molecular weight is 131 g/mol. The number of rotatable bonds is 2. The summed E-state index contributed by atoms with van der Waals surface area (Å²) in [6.45, 7) is 0. The molecular weight excluding hydrogens is 126 g/mol. The summed E-state index contributed by atoms with van der Waals surface area (Å²) in [6.07, 6.45) is 0. The second-order valence-corrected chi connectivity index (χ2v) is 1.80. The molecule has 9 heavy (non-hydrogen) atoms. The molecule has 2 atom stereocenters. The van der Waals surface area contributed by atoms with Gasteiger partial charge in [0.1, 0.15) is 12.1 Å². The maximum absolute atomic E-state index is 9.95. The van der Waals surface area contributed by atoms with Crippen molar-refractivity contribution in [2.45, 2.75) is 12.1 Å². The summed E-state index contributed by atoms with van der Waals surface area (Å²) < 4.78 is 0. The molecule has 0 aromatic carbocycles. The van der Waals surface area contributed by atoms with Crippen molar-refractivity contribution in [3.63, 3.8) is 0 Å². The van der Waals surface area contributed by atoms with E-state index in [0.717, 1.165) is 0 Å². The lowest BCUT2D eigenvalue weighted by Crippen LogP contribution is -2.14. The van der Waals surface area contributed by atoms with Crippen LogP contribution in [-0.4, -0.2) is 34.2 Å². The van der Waals surface area contributed by atoms with Crippen molar-refractivity contribution in [1.29, 1.82) is 0 Å². The molecule has 1 aliphatic rings. The molecule has 2 unspecified atom stereocenters. The van der Waals surface area contributed by atoms with Gasteiger partial charge in [-0.3, -0.25) is 14.9 Å². The predicted octanol–water partition coefficient (Wildman–Crippen LogP) is -1.50. The number of hydrogen-bond acceptors (Lipinski definition) is 3. The van der Waals surface area contributed by atoms with Gasteiger partial charge in [-0.2, -0.15) is 0 Å². The molecule has 0 aromatic rings. The predicted molar refractivity (Wildman–Crippen MR) is 26.0 cm³/mol. The van der Waals surface area contributed by atoms with E-state index in [2.05, 4.69) is 5.32 Å². The zero-order valence-electron chi connectivity index (χ0n) is 4.37. The van der Waals surface area contributed by atoms with Crippen molar-refractivity contribution in [2.75, 3.05) is 0 Å². The van der Waals surface area contributed by atoms with Crippen LogP contribution in [0.25, 0.3) is 0 Å². The zero-order chi connectivity index (χ0) is 7.02. The summed E-state index contributed by atoms with van der Waals surface area (Å²) >= 11 is 0. The molecule has 0 radical (unpaired) electrons. The van der Waals surface area contributed by atoms with E-state index in [0.29, 0.717) is 0 Å². The van der Waals surface area contributed by atoms with Crippen molar-refractivity contribution in [2.24, 2.45) is 0 Å². The lowest BCUT2D eigenvalue weighted by Gasteiger charge is -1.81. The number of carboxylic acids is 2. The quantitative estimate of drug-likeness (QED) is 0.396. The molecule has 1 heterocycles. The Morgan fingerprint density at radius 1 is 1.11 bits per heavy atom. The molecule has 0 spiro atoms. The molecule has 0 bridgehead atoms. The third-order valence-electron chi connectivity index (χ3n) is 1.12. The van der Waals surface area contributed by atoms with Crippen LogP contribution in [0, 0.1) is 0 Å². The van der Waals surface area contributed by atoms with E-state index in [9.17, 15) is 9.59 Å². The fourth-order valence-corrected chi connectivity index (χ4v) is 0.566. The van der Waals surface area contributed by atoms with E-state index in [-0.39, 0.29) is 0 Å². The van der Waals surface area contributed by atoms with E-state index in [1.54, 1.807) is 0 Å². The van der Waals surface area contributed by atoms with Gasteiger partial charge in [0.05, 0.1) is 0 Å². The van der Waals surface area contributed by atoms with Gasteiger partial charge in [-0.05, 0) is 0 Å². The number of aliphatic carboxylic acids is 2. The van der Waals surface area contributed by atoms with Crippen LogP contribution in [0.5, 0.6) is 0 Å². The second-order valence-electron chi connectivity index (χ2n) is 1.80. The first-order chi connectivity index (χ1) is 4.13. The highest BCUT2D eigenvalue weighted by Crippen LogP contribution is 2.09. The highest BCUT2D eigenvalue weighted by molar-refractivity contribution is 5.90. The van der Waals surface area contributed by atoms with Gasteiger partial charge in [0.25, 0.3) is 0 Å². The lowest BCUT2D eigenvalue weighted by molar-refractivity contribution is -0.140. The van der Waals surface area contributed by atoms with Gasteiger partial charge < -0.3 is 10.2 Å². The largest absolute Gasteiger partial charge is 0.480 e. The van der Waals surface area contributed by atoms with Gasteiger partial charge >= 0.3 is 11.9 Å². The summed E-state index contributed by atoms with van der Waals surface area (Å²) in [5, 5.41) is 18.6. The number of hydrogen-bond donors (Lipinski definition) is 3. The normalized spacial score (nSPS) is 31.6. The Kier molecular flexibility index (Phi) is 1.14. The smallest absolute Gasteiger partial charge is 0.322 e. The Morgan fingerprint density at radius 2 is 1.44 bits per heavy atom. The summed E-state index contributed by atoms with van der Waals surface area (Å²) in [6, 6.07) is -1.75. The van der Waals surface area contributed by atoms with Gasteiger partial charge in [-0.1, -0.05) is 0 Å². The fraction of sp³-hybridized carbons (Fsp3) is 0.500. The van der Waals surface area contributed by atoms with Crippen LogP contribution >= 0.6 is 0 Å². The molecule has 5 heteroatoms. The van der Waals surface area contributed by atoms with E-state index < -0.39 is 24.0 Å². The summed E-state index contributed by atoms with van der Waals surface area (Å²) in [7, 11) is 0. The van der Waals surface area contributed by atoms with E-state index in [1.807, 2.05) is 0 Å². The number of carbonyl (C=O) groups is 2. The molecule has 1 saturated heterocycles. The summed E-state index contributed by atoms with van der Waals surface area (Å²) in [5.74, 6) is -2.22. The molecule has 0 saturated carbocycles. The average Bonchev–Trinajstić information content (AvgIpc) is 2.39. The van der Waals surface area contributed by atoms with Gasteiger partial charge in [-0.15, -0.1) is 0 Å². The monoisotopic (exact) mass is 131 g/mol. The van der Waals surface area contributed by atoms with Gasteiger partial charge in [-0.25, -0.2) is 0 Å². The van der Waals surface area contributed by atoms with Crippen molar-refractivity contribution >= 4 is 11.9 Å². The minimum absolute atomic E-state index is 0.873. The molecule has 5 nitrogen and oxygen atoms in total.